The highest BCUT2D eigenvalue weighted by Gasteiger charge is 2.22. The number of pyridine rings is 1. The molecule has 0 aliphatic heterocycles. The Bertz CT molecular complexity index is 1280. The highest BCUT2D eigenvalue weighted by Crippen LogP contribution is 2.32. The van der Waals surface area contributed by atoms with Crippen molar-refractivity contribution in [2.75, 3.05) is 5.32 Å². The van der Waals surface area contributed by atoms with E-state index in [1.165, 1.54) is 22.1 Å². The van der Waals surface area contributed by atoms with Crippen molar-refractivity contribution in [2.45, 2.75) is 6.92 Å². The molecule has 4 rings (SSSR count). The van der Waals surface area contributed by atoms with Crippen LogP contribution in [0.5, 0.6) is 0 Å². The lowest BCUT2D eigenvalue weighted by Crippen LogP contribution is -2.21. The van der Waals surface area contributed by atoms with Crippen LogP contribution >= 0.6 is 38.9 Å². The monoisotopic (exact) mass is 490 g/mol. The maximum atomic E-state index is 13.1. The number of hydrogen-bond donors (Lipinski definition) is 2. The van der Waals surface area contributed by atoms with Crippen LogP contribution in [0.2, 0.25) is 5.02 Å². The van der Waals surface area contributed by atoms with Gasteiger partial charge in [-0.15, -0.1) is 11.3 Å². The van der Waals surface area contributed by atoms with Gasteiger partial charge >= 0.3 is 0 Å². The summed E-state index contributed by atoms with van der Waals surface area (Å²) in [7, 11) is 0. The van der Waals surface area contributed by atoms with E-state index < -0.39 is 11.8 Å². The number of nitrogens with two attached hydrogens (primary N) is 1. The summed E-state index contributed by atoms with van der Waals surface area (Å²) < 4.78 is 2.61. The first kappa shape index (κ1) is 19.5. The third kappa shape index (κ3) is 3.50. The molecule has 1 aromatic carbocycles. The molecular formula is C18H12BrClN6O2S. The smallest absolute Gasteiger partial charge is 0.274 e. The van der Waals surface area contributed by atoms with Gasteiger partial charge in [0.1, 0.15) is 10.3 Å². The van der Waals surface area contributed by atoms with E-state index in [4.69, 9.17) is 17.3 Å². The third-order valence-corrected chi connectivity index (χ3v) is 5.86. The fourth-order valence-corrected chi connectivity index (χ4v) is 4.26. The molecule has 3 heterocycles. The summed E-state index contributed by atoms with van der Waals surface area (Å²) in [6.45, 7) is 1.80. The standard InChI is InChI=1S/C18H12BrClN6O2S/c1-8-14(9(16(21)27)5-11-15(8)29-7-23-11)24-18(28)12-6-13(19)25-26(12)17-10(20)3-2-4-22-17/h2-7H,1H3,(H2,21,27)(H,24,28). The van der Waals surface area contributed by atoms with Gasteiger partial charge in [0.15, 0.2) is 5.82 Å². The predicted molar refractivity (Wildman–Crippen MR) is 115 cm³/mol. The molecule has 0 saturated heterocycles. The van der Waals surface area contributed by atoms with Crippen LogP contribution in [0, 0.1) is 6.92 Å². The summed E-state index contributed by atoms with van der Waals surface area (Å²) in [6.07, 6.45) is 1.55. The van der Waals surface area contributed by atoms with Crippen LogP contribution in [0.3, 0.4) is 0 Å². The largest absolute Gasteiger partial charge is 0.366 e. The quantitative estimate of drug-likeness (QED) is 0.448. The average molecular weight is 492 g/mol. The molecule has 29 heavy (non-hydrogen) atoms. The molecule has 3 N–H and O–H groups in total. The lowest BCUT2D eigenvalue weighted by atomic mass is 10.1. The van der Waals surface area contributed by atoms with Crippen LogP contribution in [-0.4, -0.2) is 31.6 Å². The molecule has 0 aliphatic rings. The molecule has 0 spiro atoms. The Labute approximate surface area is 181 Å². The highest BCUT2D eigenvalue weighted by atomic mass is 79.9. The molecule has 11 heteroatoms. The van der Waals surface area contributed by atoms with E-state index in [2.05, 4.69) is 36.3 Å². The molecule has 0 unspecified atom stereocenters. The van der Waals surface area contributed by atoms with E-state index in [9.17, 15) is 9.59 Å². The minimum absolute atomic E-state index is 0.176. The first-order valence-corrected chi connectivity index (χ1v) is 10.3. The van der Waals surface area contributed by atoms with Gasteiger partial charge in [-0.3, -0.25) is 9.59 Å². The van der Waals surface area contributed by atoms with Gasteiger partial charge < -0.3 is 11.1 Å². The van der Waals surface area contributed by atoms with E-state index >= 15 is 0 Å². The molecular weight excluding hydrogens is 480 g/mol. The lowest BCUT2D eigenvalue weighted by molar-refractivity contribution is 0.100. The molecule has 0 radical (unpaired) electrons. The van der Waals surface area contributed by atoms with Crippen LogP contribution in [0.25, 0.3) is 16.0 Å². The van der Waals surface area contributed by atoms with Crippen LogP contribution in [0.1, 0.15) is 26.4 Å². The third-order valence-electron chi connectivity index (χ3n) is 4.22. The molecule has 146 valence electrons. The molecule has 3 aromatic heterocycles. The summed E-state index contributed by atoms with van der Waals surface area (Å²) in [5.74, 6) is -0.866. The van der Waals surface area contributed by atoms with Crippen molar-refractivity contribution < 1.29 is 9.59 Å². The molecule has 0 bridgehead atoms. The van der Waals surface area contributed by atoms with E-state index in [1.54, 1.807) is 36.8 Å². The second-order valence-corrected chi connectivity index (χ2v) is 8.09. The number of primary amides is 1. The van der Waals surface area contributed by atoms with Crippen molar-refractivity contribution in [3.05, 3.63) is 62.4 Å². The molecule has 0 atom stereocenters. The van der Waals surface area contributed by atoms with Gasteiger partial charge in [0.2, 0.25) is 0 Å². The number of thiazole rings is 1. The van der Waals surface area contributed by atoms with E-state index in [0.29, 0.717) is 32.2 Å². The zero-order valence-electron chi connectivity index (χ0n) is 14.8. The van der Waals surface area contributed by atoms with Crippen LogP contribution in [0.15, 0.2) is 40.6 Å². The van der Waals surface area contributed by atoms with Gasteiger partial charge in [-0.2, -0.15) is 5.10 Å². The SMILES string of the molecule is Cc1c(NC(=O)c2cc(Br)nn2-c2ncccc2Cl)c(C(N)=O)cc2ncsc12. The van der Waals surface area contributed by atoms with Crippen molar-refractivity contribution >= 4 is 66.6 Å². The Kier molecular flexibility index (Phi) is 5.07. The summed E-state index contributed by atoms with van der Waals surface area (Å²) in [5.41, 5.74) is 9.24. The van der Waals surface area contributed by atoms with Gasteiger partial charge in [0.25, 0.3) is 11.8 Å². The molecule has 0 saturated carbocycles. The van der Waals surface area contributed by atoms with Crippen LogP contribution in [-0.2, 0) is 0 Å². The van der Waals surface area contributed by atoms with Gasteiger partial charge in [-0.1, -0.05) is 11.6 Å². The summed E-state index contributed by atoms with van der Waals surface area (Å²) in [6, 6.07) is 6.43. The zero-order valence-corrected chi connectivity index (χ0v) is 18.0. The number of amides is 2. The number of aromatic nitrogens is 4. The van der Waals surface area contributed by atoms with Gasteiger partial charge in [-0.25, -0.2) is 14.6 Å². The first-order valence-electron chi connectivity index (χ1n) is 8.21. The summed E-state index contributed by atoms with van der Waals surface area (Å²) in [5, 5.41) is 7.37. The van der Waals surface area contributed by atoms with Crippen molar-refractivity contribution in [3.8, 4) is 5.82 Å². The number of carbonyl (C=O) groups is 2. The van der Waals surface area contributed by atoms with E-state index in [1.807, 2.05) is 0 Å². The Hall–Kier alpha value is -2.82. The van der Waals surface area contributed by atoms with Crippen molar-refractivity contribution in [2.24, 2.45) is 5.73 Å². The topological polar surface area (TPSA) is 116 Å². The number of fused-ring (bicyclic) bond motifs is 1. The zero-order chi connectivity index (χ0) is 20.7. The molecule has 4 aromatic rings. The number of nitrogens with zero attached hydrogens (tertiary/aromatic N) is 4. The second-order valence-electron chi connectivity index (χ2n) is 6.02. The number of benzene rings is 1. The fourth-order valence-electron chi connectivity index (χ4n) is 2.90. The Morgan fingerprint density at radius 3 is 2.83 bits per heavy atom. The van der Waals surface area contributed by atoms with Gasteiger partial charge in [-0.05, 0) is 46.6 Å². The van der Waals surface area contributed by atoms with Crippen molar-refractivity contribution in [1.82, 2.24) is 19.7 Å². The van der Waals surface area contributed by atoms with Crippen molar-refractivity contribution in [3.63, 3.8) is 0 Å². The molecule has 8 nitrogen and oxygen atoms in total. The molecule has 0 fully saturated rings. The number of anilines is 1. The number of rotatable bonds is 4. The molecule has 2 amide bonds. The van der Waals surface area contributed by atoms with E-state index in [0.717, 1.165) is 4.70 Å². The Morgan fingerprint density at radius 2 is 2.10 bits per heavy atom. The number of halogens is 2. The number of aryl methyl sites for hydroxylation is 1. The second kappa shape index (κ2) is 7.54. The maximum Gasteiger partial charge on any atom is 0.274 e. The molecule has 0 aliphatic carbocycles. The van der Waals surface area contributed by atoms with Gasteiger partial charge in [0, 0.05) is 12.3 Å². The number of carbonyl (C=O) groups excluding carboxylic acids is 2. The van der Waals surface area contributed by atoms with E-state index in [-0.39, 0.29) is 11.3 Å². The highest BCUT2D eigenvalue weighted by molar-refractivity contribution is 9.10. The van der Waals surface area contributed by atoms with Crippen molar-refractivity contribution in [1.29, 1.82) is 0 Å². The fraction of sp³-hybridized carbons (Fsp3) is 0.0556. The number of hydrogen-bond acceptors (Lipinski definition) is 6. The van der Waals surface area contributed by atoms with Crippen LogP contribution < -0.4 is 11.1 Å². The normalized spacial score (nSPS) is 11.0. The maximum absolute atomic E-state index is 13.1. The number of nitrogens with one attached hydrogen (secondary N) is 1. The average Bonchev–Trinajstić information content (AvgIpc) is 3.30. The first-order chi connectivity index (χ1) is 13.9. The Morgan fingerprint density at radius 1 is 1.31 bits per heavy atom. The lowest BCUT2D eigenvalue weighted by Gasteiger charge is -2.14. The van der Waals surface area contributed by atoms with Crippen LogP contribution in [0.4, 0.5) is 5.69 Å². The minimum atomic E-state index is -0.666. The minimum Gasteiger partial charge on any atom is -0.366 e. The predicted octanol–water partition coefficient (Wildman–Crippen LogP) is 3.95. The summed E-state index contributed by atoms with van der Waals surface area (Å²) in [4.78, 5) is 33.5. The Balaban J connectivity index is 1.81. The van der Waals surface area contributed by atoms with Gasteiger partial charge in [0.05, 0.1) is 32.0 Å². The summed E-state index contributed by atoms with van der Waals surface area (Å²) >= 11 is 10.9.